The van der Waals surface area contributed by atoms with E-state index in [-0.39, 0.29) is 0 Å². The van der Waals surface area contributed by atoms with Crippen molar-refractivity contribution in [1.82, 2.24) is 4.90 Å². The van der Waals surface area contributed by atoms with Gasteiger partial charge in [0.15, 0.2) is 0 Å². The van der Waals surface area contributed by atoms with Crippen molar-refractivity contribution in [2.45, 2.75) is 31.7 Å². The van der Waals surface area contributed by atoms with Crippen LogP contribution in [-0.4, -0.2) is 44.7 Å². The SMILES string of the molecule is CN(C)CCOc1cccc(NC2CCCCC2CN)c1. The van der Waals surface area contributed by atoms with Gasteiger partial charge in [0.1, 0.15) is 12.4 Å². The highest BCUT2D eigenvalue weighted by Gasteiger charge is 2.23. The summed E-state index contributed by atoms with van der Waals surface area (Å²) in [5.41, 5.74) is 7.04. The Bertz CT molecular complexity index is 422. The van der Waals surface area contributed by atoms with Crippen molar-refractivity contribution in [3.63, 3.8) is 0 Å². The molecule has 21 heavy (non-hydrogen) atoms. The van der Waals surface area contributed by atoms with Gasteiger partial charge in [-0.2, -0.15) is 0 Å². The van der Waals surface area contributed by atoms with Gasteiger partial charge in [-0.05, 0) is 51.5 Å². The first-order valence-electron chi connectivity index (χ1n) is 8.03. The summed E-state index contributed by atoms with van der Waals surface area (Å²) in [6.45, 7) is 2.41. The first-order valence-corrected chi connectivity index (χ1v) is 8.03. The van der Waals surface area contributed by atoms with E-state index in [1.165, 1.54) is 25.7 Å². The molecule has 0 spiro atoms. The fourth-order valence-corrected chi connectivity index (χ4v) is 2.92. The summed E-state index contributed by atoms with van der Waals surface area (Å²) in [5, 5.41) is 3.65. The van der Waals surface area contributed by atoms with E-state index in [0.717, 1.165) is 24.5 Å². The zero-order valence-electron chi connectivity index (χ0n) is 13.3. The number of hydrogen-bond donors (Lipinski definition) is 2. The predicted molar refractivity (Wildman–Crippen MR) is 88.9 cm³/mol. The highest BCUT2D eigenvalue weighted by molar-refractivity contribution is 5.49. The minimum absolute atomic E-state index is 0.501. The molecule has 1 aliphatic carbocycles. The molecule has 0 aromatic heterocycles. The Labute approximate surface area is 128 Å². The van der Waals surface area contributed by atoms with Gasteiger partial charge >= 0.3 is 0 Å². The molecule has 4 nitrogen and oxygen atoms in total. The van der Waals surface area contributed by atoms with Crippen LogP contribution < -0.4 is 15.8 Å². The van der Waals surface area contributed by atoms with Crippen LogP contribution in [0.3, 0.4) is 0 Å². The number of nitrogens with zero attached hydrogens (tertiary/aromatic N) is 1. The molecular weight excluding hydrogens is 262 g/mol. The zero-order valence-corrected chi connectivity index (χ0v) is 13.3. The van der Waals surface area contributed by atoms with Crippen LogP contribution in [0.2, 0.25) is 0 Å². The molecule has 0 heterocycles. The Morgan fingerprint density at radius 3 is 2.86 bits per heavy atom. The van der Waals surface area contributed by atoms with Crippen LogP contribution in [0.4, 0.5) is 5.69 Å². The van der Waals surface area contributed by atoms with E-state index in [2.05, 4.69) is 36.4 Å². The van der Waals surface area contributed by atoms with E-state index in [4.69, 9.17) is 10.5 Å². The lowest BCUT2D eigenvalue weighted by Crippen LogP contribution is -2.36. The van der Waals surface area contributed by atoms with E-state index in [0.29, 0.717) is 18.6 Å². The minimum atomic E-state index is 0.501. The lowest BCUT2D eigenvalue weighted by molar-refractivity contribution is 0.261. The van der Waals surface area contributed by atoms with Crippen molar-refractivity contribution < 1.29 is 4.74 Å². The third-order valence-electron chi connectivity index (χ3n) is 4.21. The van der Waals surface area contributed by atoms with Crippen molar-refractivity contribution in [1.29, 1.82) is 0 Å². The van der Waals surface area contributed by atoms with Gasteiger partial charge in [-0.15, -0.1) is 0 Å². The summed E-state index contributed by atoms with van der Waals surface area (Å²) >= 11 is 0. The molecule has 0 amide bonds. The Balaban J connectivity index is 1.90. The Kier molecular flexibility index (Phi) is 6.33. The lowest BCUT2D eigenvalue weighted by atomic mass is 9.84. The number of likely N-dealkylation sites (N-methyl/N-ethyl adjacent to an activating group) is 1. The van der Waals surface area contributed by atoms with Crippen LogP contribution in [0.25, 0.3) is 0 Å². The average Bonchev–Trinajstić information content (AvgIpc) is 2.48. The van der Waals surface area contributed by atoms with Gasteiger partial charge in [-0.1, -0.05) is 18.9 Å². The molecule has 2 rings (SSSR count). The van der Waals surface area contributed by atoms with Crippen molar-refractivity contribution in [3.05, 3.63) is 24.3 Å². The maximum Gasteiger partial charge on any atom is 0.121 e. The monoisotopic (exact) mass is 291 g/mol. The van der Waals surface area contributed by atoms with E-state index >= 15 is 0 Å². The van der Waals surface area contributed by atoms with Crippen LogP contribution >= 0.6 is 0 Å². The van der Waals surface area contributed by atoms with Gasteiger partial charge in [-0.3, -0.25) is 0 Å². The molecule has 1 saturated carbocycles. The molecule has 0 saturated heterocycles. The Morgan fingerprint density at radius 1 is 1.29 bits per heavy atom. The Hall–Kier alpha value is -1.26. The number of nitrogens with one attached hydrogen (secondary N) is 1. The fraction of sp³-hybridized carbons (Fsp3) is 0.647. The maximum atomic E-state index is 5.90. The van der Waals surface area contributed by atoms with E-state index in [1.54, 1.807) is 0 Å². The smallest absolute Gasteiger partial charge is 0.121 e. The quantitative estimate of drug-likeness (QED) is 0.810. The second-order valence-corrected chi connectivity index (χ2v) is 6.21. The van der Waals surface area contributed by atoms with Crippen LogP contribution in [0.15, 0.2) is 24.3 Å². The first kappa shape index (κ1) is 16.1. The molecule has 0 aliphatic heterocycles. The molecule has 2 unspecified atom stereocenters. The van der Waals surface area contributed by atoms with Crippen LogP contribution in [0.1, 0.15) is 25.7 Å². The predicted octanol–water partition coefficient (Wildman–Crippen LogP) is 2.56. The summed E-state index contributed by atoms with van der Waals surface area (Å²) in [7, 11) is 4.11. The largest absolute Gasteiger partial charge is 0.492 e. The second-order valence-electron chi connectivity index (χ2n) is 6.21. The summed E-state index contributed by atoms with van der Waals surface area (Å²) in [6.07, 6.45) is 5.07. The molecule has 4 heteroatoms. The molecule has 1 aromatic rings. The third-order valence-corrected chi connectivity index (χ3v) is 4.21. The summed E-state index contributed by atoms with van der Waals surface area (Å²) in [4.78, 5) is 2.12. The number of anilines is 1. The third kappa shape index (κ3) is 5.21. The first-order chi connectivity index (χ1) is 10.2. The van der Waals surface area contributed by atoms with Gasteiger partial charge in [0, 0.05) is 24.3 Å². The highest BCUT2D eigenvalue weighted by Crippen LogP contribution is 2.27. The minimum Gasteiger partial charge on any atom is -0.492 e. The number of ether oxygens (including phenoxy) is 1. The van der Waals surface area contributed by atoms with E-state index in [9.17, 15) is 0 Å². The summed E-state index contributed by atoms with van der Waals surface area (Å²) in [6, 6.07) is 8.77. The van der Waals surface area contributed by atoms with Gasteiger partial charge in [0.25, 0.3) is 0 Å². The Morgan fingerprint density at radius 2 is 2.10 bits per heavy atom. The van der Waals surface area contributed by atoms with Gasteiger partial charge in [0.2, 0.25) is 0 Å². The van der Waals surface area contributed by atoms with Crippen LogP contribution in [0.5, 0.6) is 5.75 Å². The number of hydrogen-bond acceptors (Lipinski definition) is 4. The molecule has 1 aliphatic rings. The van der Waals surface area contributed by atoms with Crippen molar-refractivity contribution in [2.24, 2.45) is 11.7 Å². The van der Waals surface area contributed by atoms with Crippen molar-refractivity contribution in [2.75, 3.05) is 39.1 Å². The molecule has 3 N–H and O–H groups in total. The molecule has 118 valence electrons. The van der Waals surface area contributed by atoms with Gasteiger partial charge in [-0.25, -0.2) is 0 Å². The summed E-state index contributed by atoms with van der Waals surface area (Å²) in [5.74, 6) is 1.53. The summed E-state index contributed by atoms with van der Waals surface area (Å²) < 4.78 is 5.79. The van der Waals surface area contributed by atoms with Gasteiger partial charge in [0.05, 0.1) is 0 Å². The maximum absolute atomic E-state index is 5.90. The van der Waals surface area contributed by atoms with Crippen LogP contribution in [-0.2, 0) is 0 Å². The molecular formula is C17H29N3O. The van der Waals surface area contributed by atoms with Crippen LogP contribution in [0, 0.1) is 5.92 Å². The molecule has 0 radical (unpaired) electrons. The standard InChI is InChI=1S/C17H29N3O/c1-20(2)10-11-21-16-8-5-7-15(12-16)19-17-9-4-3-6-14(17)13-18/h5,7-8,12,14,17,19H,3-4,6,9-11,13,18H2,1-2H3. The topological polar surface area (TPSA) is 50.5 Å². The normalized spacial score (nSPS) is 22.3. The second kappa shape index (κ2) is 8.25. The van der Waals surface area contributed by atoms with E-state index < -0.39 is 0 Å². The molecule has 2 atom stereocenters. The lowest BCUT2D eigenvalue weighted by Gasteiger charge is -2.32. The van der Waals surface area contributed by atoms with Crippen molar-refractivity contribution >= 4 is 5.69 Å². The molecule has 0 bridgehead atoms. The molecule has 1 aromatic carbocycles. The van der Waals surface area contributed by atoms with Gasteiger partial charge < -0.3 is 20.7 Å². The number of rotatable bonds is 7. The highest BCUT2D eigenvalue weighted by atomic mass is 16.5. The average molecular weight is 291 g/mol. The van der Waals surface area contributed by atoms with Crippen molar-refractivity contribution in [3.8, 4) is 5.75 Å². The number of benzene rings is 1. The number of nitrogens with two attached hydrogens (primary N) is 1. The van der Waals surface area contributed by atoms with E-state index in [1.807, 2.05) is 12.1 Å². The zero-order chi connectivity index (χ0) is 15.1. The molecule has 1 fully saturated rings. The fourth-order valence-electron chi connectivity index (χ4n) is 2.92.